The van der Waals surface area contributed by atoms with E-state index in [4.69, 9.17) is 26.8 Å². The lowest BCUT2D eigenvalue weighted by atomic mass is 9.92. The number of amides is 1. The summed E-state index contributed by atoms with van der Waals surface area (Å²) >= 11 is 0. The molecule has 0 spiro atoms. The highest BCUT2D eigenvalue weighted by molar-refractivity contribution is 5.85. The van der Waals surface area contributed by atoms with Crippen LogP contribution in [-0.4, -0.2) is 75.2 Å². The molecule has 0 unspecified atom stereocenters. The normalized spacial score (nSPS) is 38.8. The van der Waals surface area contributed by atoms with E-state index in [2.05, 4.69) is 4.99 Å². The van der Waals surface area contributed by atoms with Gasteiger partial charge in [0.2, 0.25) is 11.7 Å². The lowest BCUT2D eigenvalue weighted by Crippen LogP contribution is -2.59. The van der Waals surface area contributed by atoms with E-state index in [0.29, 0.717) is 0 Å². The van der Waals surface area contributed by atoms with Crippen LogP contribution < -0.4 is 16.8 Å². The Balaban J connectivity index is 3.95. The van der Waals surface area contributed by atoms with Crippen molar-refractivity contribution in [1.82, 2.24) is 5.32 Å². The topological polar surface area (TPSA) is 201 Å². The molecule has 0 saturated carbocycles. The van der Waals surface area contributed by atoms with Crippen LogP contribution in [0.1, 0.15) is 12.4 Å². The molecule has 23 heavy (non-hydrogen) atoms. The predicted molar refractivity (Wildman–Crippen MR) is 76.9 cm³/mol. The zero-order chi connectivity index (χ0) is 21.4. The molecule has 0 aliphatic carbocycles. The lowest BCUT2D eigenvalue weighted by molar-refractivity contribution is -0.145. The Labute approximate surface area is 136 Å². The van der Waals surface area contributed by atoms with Crippen LogP contribution in [-0.2, 0) is 14.3 Å². The van der Waals surface area contributed by atoms with E-state index in [1.807, 2.05) is 0 Å². The Bertz CT molecular complexity index is 703. The highest BCUT2D eigenvalue weighted by Gasteiger charge is 2.43. The van der Waals surface area contributed by atoms with Gasteiger partial charge in [-0.25, -0.2) is 9.79 Å². The third-order valence-corrected chi connectivity index (χ3v) is 2.48. The number of aliphatic imine (C=N–C) groups is 1. The Morgan fingerprint density at radius 2 is 2.17 bits per heavy atom. The first-order chi connectivity index (χ1) is 12.2. The molecule has 11 heteroatoms. The SMILES string of the molecule is [2H]C1=C(C(=O)O)O[C@@]([2H])([C@H](O)[C@H](O)CO)[C@]([2H])(NC(C)=O)[C@@]1([2H])N=C(N)N. The summed E-state index contributed by atoms with van der Waals surface area (Å²) in [7, 11) is 0. The lowest BCUT2D eigenvalue weighted by Gasteiger charge is -2.38. The van der Waals surface area contributed by atoms with E-state index in [0.717, 1.165) is 6.92 Å². The molecule has 0 fully saturated rings. The van der Waals surface area contributed by atoms with Gasteiger partial charge < -0.3 is 41.9 Å². The number of carbonyl (C=O) groups excluding carboxylic acids is 1. The fraction of sp³-hybridized carbons (Fsp3) is 0.583. The number of nitrogens with zero attached hydrogens (tertiary/aromatic N) is 1. The second kappa shape index (κ2) is 7.76. The molecule has 0 aromatic carbocycles. The number of nitrogens with two attached hydrogens (primary N) is 2. The van der Waals surface area contributed by atoms with Gasteiger partial charge in [-0.05, 0) is 6.05 Å². The zero-order valence-corrected chi connectivity index (χ0v) is 12.0. The van der Waals surface area contributed by atoms with Gasteiger partial charge >= 0.3 is 5.97 Å². The van der Waals surface area contributed by atoms with Gasteiger partial charge in [0.15, 0.2) is 5.96 Å². The maximum atomic E-state index is 11.6. The summed E-state index contributed by atoms with van der Waals surface area (Å²) in [6.07, 6.45) is -8.01. The van der Waals surface area contributed by atoms with Gasteiger partial charge in [-0.2, -0.15) is 0 Å². The van der Waals surface area contributed by atoms with Crippen molar-refractivity contribution >= 4 is 17.8 Å². The van der Waals surface area contributed by atoms with E-state index >= 15 is 0 Å². The minimum Gasteiger partial charge on any atom is -0.478 e. The van der Waals surface area contributed by atoms with E-state index in [1.165, 1.54) is 0 Å². The molecule has 0 bridgehead atoms. The average Bonchev–Trinajstić information content (AvgIpc) is 2.54. The monoisotopic (exact) mass is 336 g/mol. The Kier molecular flexibility index (Phi) is 4.42. The fourth-order valence-corrected chi connectivity index (χ4v) is 1.56. The molecule has 0 aromatic heterocycles. The number of nitrogens with one attached hydrogen (secondary N) is 1. The first kappa shape index (κ1) is 13.1. The van der Waals surface area contributed by atoms with Crippen LogP contribution >= 0.6 is 0 Å². The molecule has 1 aliphatic heterocycles. The molecule has 11 nitrogen and oxygen atoms in total. The number of aliphatic carboxylic acids is 1. The number of carbonyl (C=O) groups is 2. The minimum absolute atomic E-state index is 0.863. The van der Waals surface area contributed by atoms with E-state index in [9.17, 15) is 24.9 Å². The fourth-order valence-electron chi connectivity index (χ4n) is 1.56. The number of rotatable bonds is 6. The van der Waals surface area contributed by atoms with Crippen LogP contribution in [0.5, 0.6) is 0 Å². The number of carboxylic acids is 1. The third-order valence-electron chi connectivity index (χ3n) is 2.48. The molecule has 1 amide bonds. The number of hydrogen-bond acceptors (Lipinski definition) is 7. The maximum Gasteiger partial charge on any atom is 0.370 e. The molecule has 1 rings (SSSR count). The molecule has 0 radical (unpaired) electrons. The number of aliphatic hydroxyl groups is 3. The minimum atomic E-state index is -3.33. The van der Waals surface area contributed by atoms with Crippen molar-refractivity contribution in [2.45, 2.75) is 37.2 Å². The average molecular weight is 336 g/mol. The van der Waals surface area contributed by atoms with Crippen LogP contribution in [0.25, 0.3) is 0 Å². The van der Waals surface area contributed by atoms with Crippen LogP contribution in [0.15, 0.2) is 16.8 Å². The molecule has 1 heterocycles. The Hall–Kier alpha value is -2.37. The largest absolute Gasteiger partial charge is 0.478 e. The van der Waals surface area contributed by atoms with Crippen LogP contribution in [0.3, 0.4) is 0 Å². The van der Waals surface area contributed by atoms with Crippen molar-refractivity contribution in [1.29, 1.82) is 0 Å². The van der Waals surface area contributed by atoms with Gasteiger partial charge in [-0.3, -0.25) is 4.79 Å². The molecule has 5 atom stereocenters. The number of aliphatic hydroxyl groups excluding tert-OH is 3. The van der Waals surface area contributed by atoms with Crippen molar-refractivity contribution in [2.75, 3.05) is 6.61 Å². The van der Waals surface area contributed by atoms with Gasteiger partial charge in [0, 0.05) is 6.92 Å². The summed E-state index contributed by atoms with van der Waals surface area (Å²) < 4.78 is 37.8. The second-order valence-electron chi connectivity index (χ2n) is 4.36. The molecule has 9 N–H and O–H groups in total. The zero-order valence-electron chi connectivity index (χ0n) is 16.0. The van der Waals surface area contributed by atoms with E-state index < -0.39 is 66.6 Å². The standard InChI is InChI=1S/C12H20N4O7/c1-4(18)15-8-5(16-12(13)14)2-7(11(21)22)23-10(8)9(20)6(19)3-17/h2,5-6,8-10,17,19-20H,3H2,1H3,(H,15,18)(H,21,22)(H4,13,14,16)/t5-,6+,8+,9+,10+/m0/s1/i2D,5D,8D,10D. The van der Waals surface area contributed by atoms with Gasteiger partial charge in [-0.15, -0.1) is 0 Å². The maximum absolute atomic E-state index is 11.6. The van der Waals surface area contributed by atoms with E-state index in [-0.39, 0.29) is 0 Å². The first-order valence-corrected chi connectivity index (χ1v) is 6.18. The molecule has 1 aliphatic rings. The van der Waals surface area contributed by atoms with Gasteiger partial charge in [0.25, 0.3) is 0 Å². The summed E-state index contributed by atoms with van der Waals surface area (Å²) in [5, 5.41) is 40.0. The van der Waals surface area contributed by atoms with Crippen molar-refractivity contribution in [2.24, 2.45) is 16.5 Å². The van der Waals surface area contributed by atoms with Gasteiger partial charge in [-0.1, -0.05) is 0 Å². The molecular formula is C12H20N4O7. The quantitative estimate of drug-likeness (QED) is 0.188. The summed E-state index contributed by atoms with van der Waals surface area (Å²) in [6.45, 7) is -0.282. The summed E-state index contributed by atoms with van der Waals surface area (Å²) in [5.74, 6) is -5.29. The van der Waals surface area contributed by atoms with Crippen LogP contribution in [0, 0.1) is 0 Å². The summed E-state index contributed by atoms with van der Waals surface area (Å²) in [6, 6.07) is -7.72. The Morgan fingerprint density at radius 3 is 2.61 bits per heavy atom. The summed E-state index contributed by atoms with van der Waals surface area (Å²) in [4.78, 5) is 26.3. The summed E-state index contributed by atoms with van der Waals surface area (Å²) in [5.41, 5.74) is 10.4. The number of carboxylic acid groups (broad SMARTS) is 1. The molecule has 0 saturated heterocycles. The van der Waals surface area contributed by atoms with Crippen molar-refractivity contribution in [3.63, 3.8) is 0 Å². The van der Waals surface area contributed by atoms with Crippen molar-refractivity contribution in [3.8, 4) is 0 Å². The first-order valence-electron chi connectivity index (χ1n) is 8.18. The number of hydrogen-bond donors (Lipinski definition) is 7. The third kappa shape index (κ3) is 4.81. The van der Waals surface area contributed by atoms with Crippen molar-refractivity contribution < 1.29 is 40.2 Å². The predicted octanol–water partition coefficient (Wildman–Crippen LogP) is -3.79. The smallest absolute Gasteiger partial charge is 0.370 e. The number of ether oxygens (including phenoxy) is 1. The molecule has 0 aromatic rings. The highest BCUT2D eigenvalue weighted by Crippen LogP contribution is 2.24. The van der Waals surface area contributed by atoms with Crippen LogP contribution in [0.4, 0.5) is 0 Å². The molecule has 130 valence electrons. The van der Waals surface area contributed by atoms with Gasteiger partial charge in [0.05, 0.1) is 24.1 Å². The number of guanidine groups is 1. The highest BCUT2D eigenvalue weighted by atomic mass is 16.5. The molecular weight excluding hydrogens is 312 g/mol. The second-order valence-corrected chi connectivity index (χ2v) is 4.36. The Morgan fingerprint density at radius 1 is 1.57 bits per heavy atom. The van der Waals surface area contributed by atoms with E-state index in [1.54, 1.807) is 5.32 Å². The van der Waals surface area contributed by atoms with Crippen molar-refractivity contribution in [3.05, 3.63) is 11.8 Å². The van der Waals surface area contributed by atoms with Gasteiger partial charge in [0.1, 0.15) is 18.3 Å². The van der Waals surface area contributed by atoms with Crippen LogP contribution in [0.2, 0.25) is 0 Å².